The summed E-state index contributed by atoms with van der Waals surface area (Å²) in [5, 5.41) is 6.61. The predicted octanol–water partition coefficient (Wildman–Crippen LogP) is 2.07. The second kappa shape index (κ2) is 4.04. The first-order valence-electron chi connectivity index (χ1n) is 5.02. The fourth-order valence-electron chi connectivity index (χ4n) is 1.24. The average Bonchev–Trinajstić information content (AvgIpc) is 2.41. The first-order chi connectivity index (χ1) is 6.81. The Bertz CT molecular complexity index is 342. The molecule has 0 aliphatic carbocycles. The Morgan fingerprint density at radius 3 is 2.40 bits per heavy atom. The smallest absolute Gasteiger partial charge is 0.256 e. The van der Waals surface area contributed by atoms with Gasteiger partial charge in [-0.3, -0.25) is 4.79 Å². The van der Waals surface area contributed by atoms with E-state index in [1.807, 2.05) is 0 Å². The summed E-state index contributed by atoms with van der Waals surface area (Å²) in [4.78, 5) is 11.8. The third-order valence-electron chi connectivity index (χ3n) is 2.04. The van der Waals surface area contributed by atoms with E-state index in [2.05, 4.69) is 31.2 Å². The largest absolute Gasteiger partial charge is 0.361 e. The molecule has 0 spiro atoms. The van der Waals surface area contributed by atoms with E-state index in [0.29, 0.717) is 23.6 Å². The second-order valence-corrected chi connectivity index (χ2v) is 4.94. The number of aryl methyl sites for hydroxylation is 2. The molecule has 1 aromatic rings. The van der Waals surface area contributed by atoms with Crippen LogP contribution in [-0.4, -0.2) is 17.6 Å². The van der Waals surface area contributed by atoms with E-state index in [9.17, 15) is 4.79 Å². The minimum Gasteiger partial charge on any atom is -0.361 e. The van der Waals surface area contributed by atoms with Gasteiger partial charge in [-0.15, -0.1) is 0 Å². The molecule has 4 heteroatoms. The van der Waals surface area contributed by atoms with Crippen molar-refractivity contribution in [2.75, 3.05) is 6.54 Å². The van der Waals surface area contributed by atoms with Gasteiger partial charge >= 0.3 is 0 Å². The fourth-order valence-corrected chi connectivity index (χ4v) is 1.24. The van der Waals surface area contributed by atoms with Crippen molar-refractivity contribution in [3.05, 3.63) is 17.0 Å². The predicted molar refractivity (Wildman–Crippen MR) is 57.8 cm³/mol. The Morgan fingerprint density at radius 2 is 2.00 bits per heavy atom. The van der Waals surface area contributed by atoms with Crippen LogP contribution in [0, 0.1) is 19.3 Å². The highest BCUT2D eigenvalue weighted by atomic mass is 16.5. The van der Waals surface area contributed by atoms with Crippen LogP contribution >= 0.6 is 0 Å². The Hall–Kier alpha value is -1.32. The summed E-state index contributed by atoms with van der Waals surface area (Å²) in [7, 11) is 0. The van der Waals surface area contributed by atoms with Crippen LogP contribution in [-0.2, 0) is 0 Å². The van der Waals surface area contributed by atoms with Crippen LogP contribution in [0.15, 0.2) is 4.52 Å². The van der Waals surface area contributed by atoms with E-state index in [4.69, 9.17) is 4.52 Å². The zero-order chi connectivity index (χ0) is 11.6. The molecular weight excluding hydrogens is 192 g/mol. The van der Waals surface area contributed by atoms with Crippen LogP contribution in [0.25, 0.3) is 0 Å². The van der Waals surface area contributed by atoms with Crippen molar-refractivity contribution in [2.24, 2.45) is 5.41 Å². The van der Waals surface area contributed by atoms with Crippen molar-refractivity contribution in [1.82, 2.24) is 10.5 Å². The topological polar surface area (TPSA) is 55.1 Å². The van der Waals surface area contributed by atoms with E-state index in [1.165, 1.54) is 0 Å². The molecule has 0 fully saturated rings. The van der Waals surface area contributed by atoms with Crippen LogP contribution < -0.4 is 5.32 Å². The maximum atomic E-state index is 11.8. The van der Waals surface area contributed by atoms with Gasteiger partial charge in [0.15, 0.2) is 0 Å². The minimum absolute atomic E-state index is 0.0780. The van der Waals surface area contributed by atoms with Crippen LogP contribution in [0.2, 0.25) is 0 Å². The maximum absolute atomic E-state index is 11.8. The normalized spacial score (nSPS) is 11.5. The zero-order valence-electron chi connectivity index (χ0n) is 9.97. The molecule has 1 rings (SSSR count). The van der Waals surface area contributed by atoms with Crippen LogP contribution in [0.5, 0.6) is 0 Å². The van der Waals surface area contributed by atoms with E-state index in [1.54, 1.807) is 13.8 Å². The monoisotopic (exact) mass is 210 g/mol. The molecule has 0 aromatic carbocycles. The van der Waals surface area contributed by atoms with Gasteiger partial charge in [0, 0.05) is 6.54 Å². The summed E-state index contributed by atoms with van der Waals surface area (Å²) in [6, 6.07) is 0. The van der Waals surface area contributed by atoms with Crippen molar-refractivity contribution in [3.8, 4) is 0 Å². The fraction of sp³-hybridized carbons (Fsp3) is 0.636. The summed E-state index contributed by atoms with van der Waals surface area (Å²) in [6.45, 7) is 10.4. The maximum Gasteiger partial charge on any atom is 0.256 e. The third kappa shape index (κ3) is 3.08. The third-order valence-corrected chi connectivity index (χ3v) is 2.04. The first-order valence-corrected chi connectivity index (χ1v) is 5.02. The Kier molecular flexibility index (Phi) is 3.17. The van der Waals surface area contributed by atoms with Gasteiger partial charge in [-0.2, -0.15) is 0 Å². The second-order valence-electron chi connectivity index (χ2n) is 4.94. The molecule has 0 saturated heterocycles. The van der Waals surface area contributed by atoms with Crippen molar-refractivity contribution < 1.29 is 9.32 Å². The Balaban J connectivity index is 2.70. The lowest BCUT2D eigenvalue weighted by Gasteiger charge is -2.18. The molecule has 1 N–H and O–H groups in total. The van der Waals surface area contributed by atoms with E-state index < -0.39 is 0 Å². The molecule has 1 heterocycles. The van der Waals surface area contributed by atoms with Crippen LogP contribution in [0.4, 0.5) is 0 Å². The average molecular weight is 210 g/mol. The highest BCUT2D eigenvalue weighted by Gasteiger charge is 2.19. The SMILES string of the molecule is Cc1noc(C)c1C(=O)NCC(C)(C)C. The van der Waals surface area contributed by atoms with Gasteiger partial charge in [0.1, 0.15) is 11.3 Å². The number of nitrogens with one attached hydrogen (secondary N) is 1. The Labute approximate surface area is 90.0 Å². The number of aromatic nitrogens is 1. The number of hydrogen-bond donors (Lipinski definition) is 1. The van der Waals surface area contributed by atoms with Gasteiger partial charge < -0.3 is 9.84 Å². The molecule has 0 aliphatic rings. The molecular formula is C11H18N2O2. The van der Waals surface area contributed by atoms with E-state index in [0.717, 1.165) is 0 Å². The quantitative estimate of drug-likeness (QED) is 0.813. The molecule has 0 atom stereocenters. The highest BCUT2D eigenvalue weighted by molar-refractivity contribution is 5.96. The lowest BCUT2D eigenvalue weighted by Crippen LogP contribution is -2.32. The lowest BCUT2D eigenvalue weighted by atomic mass is 9.97. The van der Waals surface area contributed by atoms with Crippen molar-refractivity contribution >= 4 is 5.91 Å². The molecule has 15 heavy (non-hydrogen) atoms. The van der Waals surface area contributed by atoms with Crippen LogP contribution in [0.1, 0.15) is 42.6 Å². The van der Waals surface area contributed by atoms with Gasteiger partial charge in [0.05, 0.1) is 5.69 Å². The molecule has 1 aromatic heterocycles. The standard InChI is InChI=1S/C11H18N2O2/c1-7-9(8(2)15-13-7)10(14)12-6-11(3,4)5/h6H2,1-5H3,(H,12,14). The van der Waals surface area contributed by atoms with Gasteiger partial charge in [-0.25, -0.2) is 0 Å². The van der Waals surface area contributed by atoms with E-state index >= 15 is 0 Å². The van der Waals surface area contributed by atoms with Gasteiger partial charge in [-0.1, -0.05) is 25.9 Å². The molecule has 0 aliphatic heterocycles. The van der Waals surface area contributed by atoms with Crippen molar-refractivity contribution in [1.29, 1.82) is 0 Å². The summed E-state index contributed by atoms with van der Waals surface area (Å²) in [5.41, 5.74) is 1.27. The molecule has 1 amide bonds. The van der Waals surface area contributed by atoms with Crippen molar-refractivity contribution in [3.63, 3.8) is 0 Å². The number of nitrogens with zero attached hydrogens (tertiary/aromatic N) is 1. The van der Waals surface area contributed by atoms with Gasteiger partial charge in [0.25, 0.3) is 5.91 Å². The Morgan fingerprint density at radius 1 is 1.40 bits per heavy atom. The summed E-state index contributed by atoms with van der Waals surface area (Å²) in [5.74, 6) is 0.458. The van der Waals surface area contributed by atoms with Gasteiger partial charge in [-0.05, 0) is 19.3 Å². The molecule has 4 nitrogen and oxygen atoms in total. The first kappa shape index (κ1) is 11.8. The summed E-state index contributed by atoms with van der Waals surface area (Å²) >= 11 is 0. The van der Waals surface area contributed by atoms with Crippen LogP contribution in [0.3, 0.4) is 0 Å². The number of amides is 1. The zero-order valence-corrected chi connectivity index (χ0v) is 9.97. The van der Waals surface area contributed by atoms with Crippen molar-refractivity contribution in [2.45, 2.75) is 34.6 Å². The summed E-state index contributed by atoms with van der Waals surface area (Å²) in [6.07, 6.45) is 0. The number of carbonyl (C=O) groups excluding carboxylic acids is 1. The number of rotatable bonds is 2. The van der Waals surface area contributed by atoms with E-state index in [-0.39, 0.29) is 11.3 Å². The van der Waals surface area contributed by atoms with Gasteiger partial charge in [0.2, 0.25) is 0 Å². The lowest BCUT2D eigenvalue weighted by molar-refractivity contribution is 0.0937. The number of carbonyl (C=O) groups is 1. The summed E-state index contributed by atoms with van der Waals surface area (Å²) < 4.78 is 4.94. The molecule has 0 bridgehead atoms. The molecule has 0 radical (unpaired) electrons. The minimum atomic E-state index is -0.110. The highest BCUT2D eigenvalue weighted by Crippen LogP contribution is 2.14. The molecule has 84 valence electrons. The molecule has 0 saturated carbocycles. The number of hydrogen-bond acceptors (Lipinski definition) is 3. The molecule has 0 unspecified atom stereocenters.